The molecule has 3 aromatic rings. The normalized spacial score (nSPS) is 11.7. The molecule has 8 heteroatoms. The molecule has 1 atom stereocenters. The zero-order valence-corrected chi connectivity index (χ0v) is 18.1. The Morgan fingerprint density at radius 1 is 1.10 bits per heavy atom. The molecular formula is C23H26N4O4. The summed E-state index contributed by atoms with van der Waals surface area (Å²) in [5.74, 6) is 0.259. The molecule has 8 nitrogen and oxygen atoms in total. The maximum atomic E-state index is 12.4. The molecular weight excluding hydrogens is 396 g/mol. The van der Waals surface area contributed by atoms with Crippen molar-refractivity contribution in [1.29, 1.82) is 0 Å². The first-order valence-electron chi connectivity index (χ1n) is 10.0. The van der Waals surface area contributed by atoms with Crippen LogP contribution >= 0.6 is 0 Å². The van der Waals surface area contributed by atoms with Crippen LogP contribution in [0.4, 0.5) is 0 Å². The number of ether oxygens (including phenoxy) is 1. The third-order valence-corrected chi connectivity index (χ3v) is 5.20. The number of hydrogen-bond acceptors (Lipinski definition) is 5. The molecule has 0 unspecified atom stereocenters. The lowest BCUT2D eigenvalue weighted by atomic mass is 10.1. The van der Waals surface area contributed by atoms with Crippen LogP contribution in [0.3, 0.4) is 0 Å². The quantitative estimate of drug-likeness (QED) is 0.593. The maximum Gasteiger partial charge on any atom is 0.279 e. The molecule has 2 amide bonds. The molecule has 0 bridgehead atoms. The Labute approximate surface area is 180 Å². The number of rotatable bonds is 6. The number of aryl methyl sites for hydroxylation is 2. The van der Waals surface area contributed by atoms with Gasteiger partial charge in [0.05, 0.1) is 10.9 Å². The van der Waals surface area contributed by atoms with Crippen molar-refractivity contribution in [1.82, 2.24) is 20.4 Å². The van der Waals surface area contributed by atoms with Crippen molar-refractivity contribution in [2.45, 2.75) is 39.7 Å². The Kier molecular flexibility index (Phi) is 6.69. The summed E-state index contributed by atoms with van der Waals surface area (Å²) in [5.41, 5.74) is 7.21. The summed E-state index contributed by atoms with van der Waals surface area (Å²) in [6.07, 6.45) is -0.471. The highest BCUT2D eigenvalue weighted by Crippen LogP contribution is 2.21. The van der Waals surface area contributed by atoms with E-state index in [2.05, 4.69) is 15.8 Å². The monoisotopic (exact) mass is 422 g/mol. The minimum Gasteiger partial charge on any atom is -0.481 e. The van der Waals surface area contributed by atoms with E-state index >= 15 is 0 Å². The lowest BCUT2D eigenvalue weighted by Crippen LogP contribution is -2.47. The van der Waals surface area contributed by atoms with E-state index in [4.69, 9.17) is 4.74 Å². The van der Waals surface area contributed by atoms with E-state index in [1.54, 1.807) is 38.2 Å². The zero-order valence-electron chi connectivity index (χ0n) is 18.1. The van der Waals surface area contributed by atoms with Crippen LogP contribution in [0, 0.1) is 13.8 Å². The average Bonchev–Trinajstić information content (AvgIpc) is 2.76. The number of amides is 2. The number of benzene rings is 2. The lowest BCUT2D eigenvalue weighted by Gasteiger charge is -2.17. The van der Waals surface area contributed by atoms with Gasteiger partial charge < -0.3 is 4.74 Å². The highest BCUT2D eigenvalue weighted by atomic mass is 16.5. The van der Waals surface area contributed by atoms with E-state index in [9.17, 15) is 14.4 Å². The highest BCUT2D eigenvalue weighted by Gasteiger charge is 2.17. The van der Waals surface area contributed by atoms with Crippen molar-refractivity contribution >= 4 is 22.7 Å². The number of hydrazine groups is 1. The highest BCUT2D eigenvalue weighted by molar-refractivity contribution is 5.84. The standard InChI is InChI=1S/C23H26N4O4/c1-14-8-7-11-19(15(14)2)31-16(3)22(29)26-25-21(28)13-12-20-24-18-10-6-5-9-17(18)23(30)27(20)4/h5-11,16H,12-13H2,1-4H3,(H,25,28)(H,26,29)/t16-/m1/s1. The molecule has 0 aliphatic rings. The smallest absolute Gasteiger partial charge is 0.279 e. The number of carbonyl (C=O) groups excluding carboxylic acids is 2. The molecule has 2 N–H and O–H groups in total. The van der Waals surface area contributed by atoms with Gasteiger partial charge in [-0.1, -0.05) is 24.3 Å². The molecule has 0 fully saturated rings. The second-order valence-electron chi connectivity index (χ2n) is 7.40. The molecule has 3 rings (SSSR count). The fourth-order valence-electron chi connectivity index (χ4n) is 3.10. The van der Waals surface area contributed by atoms with Gasteiger partial charge in [-0.3, -0.25) is 29.8 Å². The molecule has 162 valence electrons. The minimum absolute atomic E-state index is 0.0606. The van der Waals surface area contributed by atoms with E-state index in [-0.39, 0.29) is 18.4 Å². The van der Waals surface area contributed by atoms with Crippen LogP contribution in [0.25, 0.3) is 10.9 Å². The Hall–Kier alpha value is -3.68. The topological polar surface area (TPSA) is 102 Å². The Morgan fingerprint density at radius 2 is 1.84 bits per heavy atom. The second-order valence-corrected chi connectivity index (χ2v) is 7.40. The Balaban J connectivity index is 1.54. The first-order valence-corrected chi connectivity index (χ1v) is 10.0. The van der Waals surface area contributed by atoms with Crippen molar-refractivity contribution in [2.75, 3.05) is 0 Å². The first kappa shape index (κ1) is 22.0. The largest absolute Gasteiger partial charge is 0.481 e. The van der Waals surface area contributed by atoms with E-state index in [0.29, 0.717) is 22.5 Å². The molecule has 31 heavy (non-hydrogen) atoms. The van der Waals surface area contributed by atoms with Gasteiger partial charge in [0.25, 0.3) is 11.5 Å². The first-order chi connectivity index (χ1) is 14.8. The summed E-state index contributed by atoms with van der Waals surface area (Å²) in [5, 5.41) is 0.531. The summed E-state index contributed by atoms with van der Waals surface area (Å²) in [6, 6.07) is 12.7. The van der Waals surface area contributed by atoms with Gasteiger partial charge in [-0.15, -0.1) is 0 Å². The fraction of sp³-hybridized carbons (Fsp3) is 0.304. The van der Waals surface area contributed by atoms with Crippen molar-refractivity contribution in [3.63, 3.8) is 0 Å². The Bertz CT molecular complexity index is 1190. The maximum absolute atomic E-state index is 12.4. The van der Waals surface area contributed by atoms with Crippen LogP contribution in [-0.2, 0) is 23.1 Å². The predicted molar refractivity (Wildman–Crippen MR) is 118 cm³/mol. The summed E-state index contributed by atoms with van der Waals surface area (Å²) in [6.45, 7) is 5.50. The van der Waals surface area contributed by atoms with E-state index in [0.717, 1.165) is 11.1 Å². The van der Waals surface area contributed by atoms with Crippen LogP contribution in [0.5, 0.6) is 5.75 Å². The molecule has 0 saturated heterocycles. The zero-order chi connectivity index (χ0) is 22.5. The van der Waals surface area contributed by atoms with Crippen LogP contribution < -0.4 is 21.1 Å². The molecule has 1 heterocycles. The van der Waals surface area contributed by atoms with Crippen LogP contribution in [0.2, 0.25) is 0 Å². The van der Waals surface area contributed by atoms with Crippen LogP contribution in [0.1, 0.15) is 30.3 Å². The fourth-order valence-corrected chi connectivity index (χ4v) is 3.10. The summed E-state index contributed by atoms with van der Waals surface area (Å²) < 4.78 is 7.15. The van der Waals surface area contributed by atoms with Gasteiger partial charge in [0.1, 0.15) is 11.6 Å². The van der Waals surface area contributed by atoms with Gasteiger partial charge in [-0.05, 0) is 50.1 Å². The number of nitrogens with one attached hydrogen (secondary N) is 2. The van der Waals surface area contributed by atoms with Crippen molar-refractivity contribution in [3.8, 4) is 5.75 Å². The van der Waals surface area contributed by atoms with Gasteiger partial charge >= 0.3 is 0 Å². The third kappa shape index (κ3) is 5.09. The number of carbonyl (C=O) groups is 2. The molecule has 0 aliphatic carbocycles. The Morgan fingerprint density at radius 3 is 2.61 bits per heavy atom. The number of para-hydroxylation sites is 1. The number of fused-ring (bicyclic) bond motifs is 1. The van der Waals surface area contributed by atoms with Crippen molar-refractivity contribution < 1.29 is 14.3 Å². The van der Waals surface area contributed by atoms with Crippen molar-refractivity contribution in [2.24, 2.45) is 7.05 Å². The molecule has 0 spiro atoms. The summed E-state index contributed by atoms with van der Waals surface area (Å²) in [4.78, 5) is 41.3. The molecule has 0 radical (unpaired) electrons. The van der Waals surface area contributed by atoms with E-state index < -0.39 is 17.9 Å². The van der Waals surface area contributed by atoms with E-state index in [1.165, 1.54) is 4.57 Å². The summed E-state index contributed by atoms with van der Waals surface area (Å²) >= 11 is 0. The van der Waals surface area contributed by atoms with Crippen molar-refractivity contribution in [3.05, 3.63) is 69.8 Å². The van der Waals surface area contributed by atoms with E-state index in [1.807, 2.05) is 32.0 Å². The molecule has 0 aliphatic heterocycles. The lowest BCUT2D eigenvalue weighted by molar-refractivity contribution is -0.132. The van der Waals surface area contributed by atoms with Gasteiger partial charge in [0.2, 0.25) is 5.91 Å². The molecule has 1 aromatic heterocycles. The van der Waals surface area contributed by atoms with Gasteiger partial charge in [0, 0.05) is 19.9 Å². The minimum atomic E-state index is -0.788. The average molecular weight is 422 g/mol. The SMILES string of the molecule is Cc1cccc(O[C@H](C)C(=O)NNC(=O)CCc2nc3ccccc3c(=O)n2C)c1C. The predicted octanol–water partition coefficient (Wildman–Crippen LogP) is 2.10. The number of aromatic nitrogens is 2. The number of nitrogens with zero attached hydrogens (tertiary/aromatic N) is 2. The number of hydrogen-bond donors (Lipinski definition) is 2. The van der Waals surface area contributed by atoms with Gasteiger partial charge in [-0.2, -0.15) is 0 Å². The molecule has 2 aromatic carbocycles. The second kappa shape index (κ2) is 9.42. The molecule has 0 saturated carbocycles. The summed E-state index contributed by atoms with van der Waals surface area (Å²) in [7, 11) is 1.63. The third-order valence-electron chi connectivity index (χ3n) is 5.20. The van der Waals surface area contributed by atoms with Gasteiger partial charge in [0.15, 0.2) is 6.10 Å². The van der Waals surface area contributed by atoms with Crippen LogP contribution in [0.15, 0.2) is 47.3 Å². The van der Waals surface area contributed by atoms with Crippen LogP contribution in [-0.4, -0.2) is 27.5 Å². The van der Waals surface area contributed by atoms with Gasteiger partial charge in [-0.25, -0.2) is 4.98 Å².